The van der Waals surface area contributed by atoms with Crippen molar-refractivity contribution in [1.29, 1.82) is 0 Å². The number of H-pyrrole nitrogens is 1. The predicted octanol–water partition coefficient (Wildman–Crippen LogP) is 6.27. The Morgan fingerprint density at radius 2 is 1.43 bits per heavy atom. The number of unbranched alkanes of at least 4 members (excludes halogenated alkanes) is 11. The fraction of sp³-hybridized carbons (Fsp3) is 0.792. The van der Waals surface area contributed by atoms with Gasteiger partial charge >= 0.3 is 5.97 Å². The topological polar surface area (TPSA) is 64.1 Å². The zero-order chi connectivity index (χ0) is 22.2. The third-order valence-electron chi connectivity index (χ3n) is 5.62. The van der Waals surface area contributed by atoms with Crippen LogP contribution in [0.25, 0.3) is 0 Å². The van der Waals surface area contributed by atoms with Crippen LogP contribution in [0.5, 0.6) is 0 Å². The average molecular weight is 439 g/mol. The number of ether oxygens (including phenoxy) is 1. The van der Waals surface area contributed by atoms with Gasteiger partial charge in [-0.1, -0.05) is 84.5 Å². The van der Waals surface area contributed by atoms with Gasteiger partial charge in [0.1, 0.15) is 6.54 Å². The third-order valence-corrected chi connectivity index (χ3v) is 5.94. The summed E-state index contributed by atoms with van der Waals surface area (Å²) in [7, 11) is 0. The largest absolute Gasteiger partial charge is 0.465 e. The molecular weight excluding hydrogens is 396 g/mol. The van der Waals surface area contributed by atoms with Crippen LogP contribution in [0.1, 0.15) is 109 Å². The quantitative estimate of drug-likeness (QED) is 0.177. The summed E-state index contributed by atoms with van der Waals surface area (Å²) in [6.45, 7) is 6.43. The third kappa shape index (κ3) is 10.1. The van der Waals surface area contributed by atoms with Crippen molar-refractivity contribution in [2.45, 2.75) is 117 Å². The fourth-order valence-electron chi connectivity index (χ4n) is 3.96. The van der Waals surface area contributed by atoms with Gasteiger partial charge in [0.05, 0.1) is 6.61 Å². The molecule has 0 unspecified atom stereocenters. The Hall–Kier alpha value is -1.43. The van der Waals surface area contributed by atoms with Crippen LogP contribution in [0, 0.1) is 4.77 Å². The van der Waals surface area contributed by atoms with Gasteiger partial charge in [-0.05, 0) is 38.4 Å². The molecule has 0 spiro atoms. The number of nitrogens with one attached hydrogen (secondary N) is 1. The van der Waals surface area contributed by atoms with Gasteiger partial charge in [0.2, 0.25) is 0 Å². The smallest absolute Gasteiger partial charge is 0.326 e. The molecule has 1 N–H and O–H groups in total. The van der Waals surface area contributed by atoms with Crippen LogP contribution in [-0.2, 0) is 28.9 Å². The molecule has 6 heteroatoms. The highest BCUT2D eigenvalue weighted by molar-refractivity contribution is 7.71. The molecule has 0 aliphatic heterocycles. The molecule has 0 aromatic carbocycles. The Morgan fingerprint density at radius 1 is 0.900 bits per heavy atom. The van der Waals surface area contributed by atoms with Gasteiger partial charge in [-0.2, -0.15) is 0 Å². The van der Waals surface area contributed by atoms with Gasteiger partial charge in [-0.25, -0.2) is 0 Å². The molecule has 0 saturated heterocycles. The van der Waals surface area contributed by atoms with Crippen molar-refractivity contribution < 1.29 is 9.53 Å². The molecule has 1 rings (SSSR count). The van der Waals surface area contributed by atoms with Gasteiger partial charge in [0, 0.05) is 11.3 Å². The Kier molecular flexibility index (Phi) is 14.4. The zero-order valence-electron chi connectivity index (χ0n) is 19.4. The van der Waals surface area contributed by atoms with Crippen molar-refractivity contribution >= 4 is 18.2 Å². The molecule has 1 aromatic rings. The SMILES string of the molecule is CCCCCCCCCCCCCCc1c(CC)n(CC(=O)OCC)c(=S)[nH]c1=O. The maximum atomic E-state index is 12.5. The highest BCUT2D eigenvalue weighted by atomic mass is 32.1. The number of carbonyl (C=O) groups excluding carboxylic acids is 1. The molecule has 5 nitrogen and oxygen atoms in total. The predicted molar refractivity (Wildman–Crippen MR) is 127 cm³/mol. The van der Waals surface area contributed by atoms with Crippen molar-refractivity contribution in [1.82, 2.24) is 9.55 Å². The van der Waals surface area contributed by atoms with E-state index in [1.54, 1.807) is 11.5 Å². The molecule has 0 amide bonds. The molecule has 1 heterocycles. The highest BCUT2D eigenvalue weighted by Gasteiger charge is 2.14. The lowest BCUT2D eigenvalue weighted by Gasteiger charge is -2.15. The molecule has 0 aliphatic rings. The molecule has 0 saturated carbocycles. The van der Waals surface area contributed by atoms with Crippen LogP contribution >= 0.6 is 12.2 Å². The molecule has 0 bridgehead atoms. The van der Waals surface area contributed by atoms with E-state index in [1.807, 2.05) is 6.92 Å². The van der Waals surface area contributed by atoms with Crippen molar-refractivity contribution in [2.24, 2.45) is 0 Å². The number of esters is 1. The van der Waals surface area contributed by atoms with Crippen molar-refractivity contribution in [2.75, 3.05) is 6.61 Å². The maximum Gasteiger partial charge on any atom is 0.326 e. The van der Waals surface area contributed by atoms with E-state index in [9.17, 15) is 9.59 Å². The minimum atomic E-state index is -0.327. The minimum Gasteiger partial charge on any atom is -0.465 e. The number of hydrogen-bond donors (Lipinski definition) is 1. The Labute approximate surface area is 187 Å². The second-order valence-electron chi connectivity index (χ2n) is 8.07. The first kappa shape index (κ1) is 26.6. The number of aromatic amines is 1. The van der Waals surface area contributed by atoms with E-state index in [4.69, 9.17) is 17.0 Å². The lowest BCUT2D eigenvalue weighted by atomic mass is 10.0. The minimum absolute atomic E-state index is 0.0536. The second-order valence-corrected chi connectivity index (χ2v) is 8.46. The van der Waals surface area contributed by atoms with E-state index in [0.717, 1.165) is 30.5 Å². The van der Waals surface area contributed by atoms with E-state index in [-0.39, 0.29) is 18.1 Å². The van der Waals surface area contributed by atoms with Gasteiger partial charge in [-0.3, -0.25) is 14.6 Å². The van der Waals surface area contributed by atoms with Gasteiger partial charge in [0.15, 0.2) is 4.77 Å². The first-order valence-electron chi connectivity index (χ1n) is 12.1. The van der Waals surface area contributed by atoms with Gasteiger partial charge in [-0.15, -0.1) is 0 Å². The highest BCUT2D eigenvalue weighted by Crippen LogP contribution is 2.14. The molecule has 30 heavy (non-hydrogen) atoms. The van der Waals surface area contributed by atoms with Gasteiger partial charge < -0.3 is 9.30 Å². The van der Waals surface area contributed by atoms with E-state index in [0.29, 0.717) is 17.8 Å². The van der Waals surface area contributed by atoms with Gasteiger partial charge in [0.25, 0.3) is 5.56 Å². The van der Waals surface area contributed by atoms with Crippen molar-refractivity contribution in [3.8, 4) is 0 Å². The first-order valence-corrected chi connectivity index (χ1v) is 12.5. The summed E-state index contributed by atoms with van der Waals surface area (Å²) in [5.74, 6) is -0.327. The monoisotopic (exact) mass is 438 g/mol. The molecule has 1 aromatic heterocycles. The Bertz CT molecular complexity index is 724. The summed E-state index contributed by atoms with van der Waals surface area (Å²) in [5.41, 5.74) is 1.52. The van der Waals surface area contributed by atoms with Crippen molar-refractivity contribution in [3.05, 3.63) is 26.4 Å². The van der Waals surface area contributed by atoms with E-state index in [1.165, 1.54) is 64.2 Å². The lowest BCUT2D eigenvalue weighted by Crippen LogP contribution is -2.26. The zero-order valence-corrected chi connectivity index (χ0v) is 20.2. The second kappa shape index (κ2) is 16.3. The molecule has 0 atom stereocenters. The van der Waals surface area contributed by atoms with E-state index in [2.05, 4.69) is 11.9 Å². The molecule has 0 aliphatic carbocycles. The maximum absolute atomic E-state index is 12.5. The molecule has 0 radical (unpaired) electrons. The summed E-state index contributed by atoms with van der Waals surface area (Å²) in [6.07, 6.45) is 16.9. The van der Waals surface area contributed by atoms with Crippen LogP contribution in [0.2, 0.25) is 0 Å². The summed E-state index contributed by atoms with van der Waals surface area (Å²) < 4.78 is 7.07. The summed E-state index contributed by atoms with van der Waals surface area (Å²) in [4.78, 5) is 27.1. The number of hydrogen-bond acceptors (Lipinski definition) is 4. The number of nitrogens with zero attached hydrogens (tertiary/aromatic N) is 1. The average Bonchev–Trinajstić information content (AvgIpc) is 2.72. The molecular formula is C24H42N2O3S. The summed E-state index contributed by atoms with van der Waals surface area (Å²) in [6, 6.07) is 0. The fourth-order valence-corrected chi connectivity index (χ4v) is 4.23. The standard InChI is InChI=1S/C24H42N2O3S/c1-4-7-8-9-10-11-12-13-14-15-16-17-18-20-21(5-2)26(19-22(27)29-6-3)24(30)25-23(20)28/h4-19H2,1-3H3,(H,25,28,30). The molecule has 172 valence electrons. The normalized spacial score (nSPS) is 11.0. The summed E-state index contributed by atoms with van der Waals surface area (Å²) >= 11 is 5.29. The van der Waals surface area contributed by atoms with Crippen LogP contribution < -0.4 is 5.56 Å². The first-order chi connectivity index (χ1) is 14.5. The van der Waals surface area contributed by atoms with Crippen LogP contribution in [-0.4, -0.2) is 22.1 Å². The van der Waals surface area contributed by atoms with Crippen LogP contribution in [0.3, 0.4) is 0 Å². The summed E-state index contributed by atoms with van der Waals surface area (Å²) in [5, 5.41) is 0. The van der Waals surface area contributed by atoms with Crippen LogP contribution in [0.15, 0.2) is 4.79 Å². The lowest BCUT2D eigenvalue weighted by molar-refractivity contribution is -0.143. The van der Waals surface area contributed by atoms with Crippen LogP contribution in [0.4, 0.5) is 0 Å². The number of rotatable bonds is 17. The number of aromatic nitrogens is 2. The Balaban J connectivity index is 2.42. The van der Waals surface area contributed by atoms with E-state index >= 15 is 0 Å². The van der Waals surface area contributed by atoms with E-state index < -0.39 is 0 Å². The Morgan fingerprint density at radius 3 is 1.93 bits per heavy atom. The van der Waals surface area contributed by atoms with Crippen molar-refractivity contribution in [3.63, 3.8) is 0 Å². The molecule has 0 fully saturated rings. The number of carbonyl (C=O) groups is 1.